The van der Waals surface area contributed by atoms with E-state index in [4.69, 9.17) is 4.74 Å². The predicted octanol–water partition coefficient (Wildman–Crippen LogP) is 1.24. The lowest BCUT2D eigenvalue weighted by molar-refractivity contribution is 0.0360. The summed E-state index contributed by atoms with van der Waals surface area (Å²) in [5.74, 6) is 0. The van der Waals surface area contributed by atoms with Gasteiger partial charge in [-0.1, -0.05) is 6.92 Å². The van der Waals surface area contributed by atoms with Gasteiger partial charge in [0.05, 0.1) is 6.10 Å². The minimum Gasteiger partial charge on any atom is -0.377 e. The van der Waals surface area contributed by atoms with Gasteiger partial charge in [-0.25, -0.2) is 0 Å². The summed E-state index contributed by atoms with van der Waals surface area (Å²) < 4.78 is 5.67. The minimum absolute atomic E-state index is 0.419. The Morgan fingerprint density at radius 2 is 2.20 bits per heavy atom. The average molecular weight is 212 g/mol. The van der Waals surface area contributed by atoms with Crippen LogP contribution in [0.5, 0.6) is 0 Å². The lowest BCUT2D eigenvalue weighted by Gasteiger charge is -2.43. The van der Waals surface area contributed by atoms with E-state index >= 15 is 0 Å². The third-order valence-corrected chi connectivity index (χ3v) is 3.95. The first-order chi connectivity index (χ1) is 7.22. The van der Waals surface area contributed by atoms with Crippen LogP contribution in [0, 0.1) is 0 Å². The molecule has 0 aromatic rings. The number of ether oxygens (including phenoxy) is 1. The van der Waals surface area contributed by atoms with Crippen molar-refractivity contribution in [2.45, 2.75) is 57.8 Å². The van der Waals surface area contributed by atoms with Crippen LogP contribution in [0.3, 0.4) is 0 Å². The van der Waals surface area contributed by atoms with Crippen molar-refractivity contribution in [2.75, 3.05) is 19.7 Å². The molecule has 2 fully saturated rings. The smallest absolute Gasteiger partial charge is 0.0703 e. The van der Waals surface area contributed by atoms with Crippen molar-refractivity contribution in [3.63, 3.8) is 0 Å². The zero-order valence-corrected chi connectivity index (χ0v) is 10.2. The van der Waals surface area contributed by atoms with E-state index in [0.717, 1.165) is 13.2 Å². The van der Waals surface area contributed by atoms with Crippen LogP contribution in [0.4, 0.5) is 0 Å². The molecule has 0 saturated carbocycles. The summed E-state index contributed by atoms with van der Waals surface area (Å²) in [5.41, 5.74) is 0. The van der Waals surface area contributed by atoms with Crippen LogP contribution in [-0.2, 0) is 4.74 Å². The van der Waals surface area contributed by atoms with Crippen molar-refractivity contribution in [3.05, 3.63) is 0 Å². The summed E-state index contributed by atoms with van der Waals surface area (Å²) >= 11 is 0. The minimum atomic E-state index is 0.419. The van der Waals surface area contributed by atoms with Crippen LogP contribution in [-0.4, -0.2) is 48.8 Å². The number of nitrogens with one attached hydrogen (secondary N) is 1. The highest BCUT2D eigenvalue weighted by atomic mass is 16.5. The van der Waals surface area contributed by atoms with E-state index in [1.165, 1.54) is 19.4 Å². The van der Waals surface area contributed by atoms with Gasteiger partial charge in [0, 0.05) is 37.8 Å². The molecule has 4 atom stereocenters. The van der Waals surface area contributed by atoms with E-state index < -0.39 is 0 Å². The van der Waals surface area contributed by atoms with Crippen molar-refractivity contribution in [1.82, 2.24) is 10.2 Å². The molecule has 88 valence electrons. The Hall–Kier alpha value is -0.120. The highest BCUT2D eigenvalue weighted by Gasteiger charge is 2.35. The molecule has 2 saturated heterocycles. The van der Waals surface area contributed by atoms with Crippen LogP contribution in [0.2, 0.25) is 0 Å². The fraction of sp³-hybridized carbons (Fsp3) is 1.00. The summed E-state index contributed by atoms with van der Waals surface area (Å²) in [4.78, 5) is 2.66. The molecule has 2 aliphatic rings. The molecule has 15 heavy (non-hydrogen) atoms. The normalized spacial score (nSPS) is 43.4. The fourth-order valence-corrected chi connectivity index (χ4v) is 2.85. The molecule has 1 N–H and O–H groups in total. The standard InChI is InChI=1S/C12H24N2O/c1-4-11-8-14(9(2)7-13-11)12-5-6-15-10(12)3/h9-13H,4-8H2,1-3H3. The highest BCUT2D eigenvalue weighted by molar-refractivity contribution is 4.91. The molecule has 2 rings (SSSR count). The van der Waals surface area contributed by atoms with E-state index in [9.17, 15) is 0 Å². The molecular weight excluding hydrogens is 188 g/mol. The van der Waals surface area contributed by atoms with Crippen LogP contribution in [0.25, 0.3) is 0 Å². The quantitative estimate of drug-likeness (QED) is 0.745. The summed E-state index contributed by atoms with van der Waals surface area (Å²) in [7, 11) is 0. The highest BCUT2D eigenvalue weighted by Crippen LogP contribution is 2.23. The monoisotopic (exact) mass is 212 g/mol. The van der Waals surface area contributed by atoms with Gasteiger partial charge in [-0.2, -0.15) is 0 Å². The SMILES string of the molecule is CCC1CN(C2CCOC2C)C(C)CN1. The first-order valence-corrected chi connectivity index (χ1v) is 6.33. The summed E-state index contributed by atoms with van der Waals surface area (Å²) in [6, 6.07) is 1.98. The first kappa shape index (κ1) is 11.4. The average Bonchev–Trinajstić information content (AvgIpc) is 2.65. The topological polar surface area (TPSA) is 24.5 Å². The molecule has 0 radical (unpaired) electrons. The molecule has 4 unspecified atom stereocenters. The van der Waals surface area contributed by atoms with Gasteiger partial charge in [0.2, 0.25) is 0 Å². The second-order valence-electron chi connectivity index (χ2n) is 4.99. The van der Waals surface area contributed by atoms with Crippen LogP contribution >= 0.6 is 0 Å². The lowest BCUT2D eigenvalue weighted by atomic mass is 10.0. The molecule has 3 heteroatoms. The molecule has 0 amide bonds. The zero-order valence-electron chi connectivity index (χ0n) is 10.2. The molecule has 0 aromatic heterocycles. The maximum Gasteiger partial charge on any atom is 0.0703 e. The Balaban J connectivity index is 1.98. The maximum absolute atomic E-state index is 5.67. The Morgan fingerprint density at radius 1 is 1.40 bits per heavy atom. The molecule has 0 spiro atoms. The van der Waals surface area contributed by atoms with Gasteiger partial charge < -0.3 is 10.1 Å². The van der Waals surface area contributed by atoms with E-state index in [1.807, 2.05) is 0 Å². The second-order valence-corrected chi connectivity index (χ2v) is 4.99. The van der Waals surface area contributed by atoms with Crippen molar-refractivity contribution in [1.29, 1.82) is 0 Å². The van der Waals surface area contributed by atoms with Crippen molar-refractivity contribution < 1.29 is 4.74 Å². The number of hydrogen-bond acceptors (Lipinski definition) is 3. The van der Waals surface area contributed by atoms with Gasteiger partial charge in [-0.3, -0.25) is 4.90 Å². The summed E-state index contributed by atoms with van der Waals surface area (Å²) in [5, 5.41) is 3.60. The Kier molecular flexibility index (Phi) is 3.65. The molecule has 2 aliphatic heterocycles. The van der Waals surface area contributed by atoms with E-state index in [1.54, 1.807) is 0 Å². The number of hydrogen-bond donors (Lipinski definition) is 1. The van der Waals surface area contributed by atoms with E-state index in [2.05, 4.69) is 31.0 Å². The molecule has 3 nitrogen and oxygen atoms in total. The van der Waals surface area contributed by atoms with Gasteiger partial charge in [0.1, 0.15) is 0 Å². The van der Waals surface area contributed by atoms with Gasteiger partial charge >= 0.3 is 0 Å². The van der Waals surface area contributed by atoms with Crippen LogP contribution in [0.1, 0.15) is 33.6 Å². The van der Waals surface area contributed by atoms with Crippen molar-refractivity contribution >= 4 is 0 Å². The maximum atomic E-state index is 5.67. The van der Waals surface area contributed by atoms with Crippen molar-refractivity contribution in [2.24, 2.45) is 0 Å². The predicted molar refractivity (Wildman–Crippen MR) is 62.1 cm³/mol. The van der Waals surface area contributed by atoms with Gasteiger partial charge in [0.15, 0.2) is 0 Å². The third kappa shape index (κ3) is 2.35. The lowest BCUT2D eigenvalue weighted by Crippen LogP contribution is -2.59. The van der Waals surface area contributed by atoms with E-state index in [0.29, 0.717) is 24.2 Å². The molecule has 0 aromatic carbocycles. The van der Waals surface area contributed by atoms with Gasteiger partial charge in [-0.05, 0) is 26.7 Å². The van der Waals surface area contributed by atoms with Gasteiger partial charge in [-0.15, -0.1) is 0 Å². The Morgan fingerprint density at radius 3 is 2.80 bits per heavy atom. The Labute approximate surface area is 93.2 Å². The molecule has 0 aliphatic carbocycles. The molecule has 2 heterocycles. The third-order valence-electron chi connectivity index (χ3n) is 3.95. The van der Waals surface area contributed by atoms with Crippen LogP contribution < -0.4 is 5.32 Å². The summed E-state index contributed by atoms with van der Waals surface area (Å²) in [6.45, 7) is 10.1. The molecular formula is C12H24N2O. The second kappa shape index (κ2) is 4.81. The van der Waals surface area contributed by atoms with Gasteiger partial charge in [0.25, 0.3) is 0 Å². The summed E-state index contributed by atoms with van der Waals surface area (Å²) in [6.07, 6.45) is 2.86. The Bertz CT molecular complexity index is 210. The fourth-order valence-electron chi connectivity index (χ4n) is 2.85. The van der Waals surface area contributed by atoms with Crippen molar-refractivity contribution in [3.8, 4) is 0 Å². The zero-order chi connectivity index (χ0) is 10.8. The first-order valence-electron chi connectivity index (χ1n) is 6.33. The van der Waals surface area contributed by atoms with E-state index in [-0.39, 0.29) is 0 Å². The number of piperazine rings is 1. The molecule has 0 bridgehead atoms. The van der Waals surface area contributed by atoms with Crippen LogP contribution in [0.15, 0.2) is 0 Å². The number of rotatable bonds is 2. The largest absolute Gasteiger partial charge is 0.377 e. The number of nitrogens with zero attached hydrogens (tertiary/aromatic N) is 1.